The van der Waals surface area contributed by atoms with Gasteiger partial charge in [-0.15, -0.1) is 0 Å². The van der Waals surface area contributed by atoms with Crippen LogP contribution in [0, 0.1) is 0 Å². The average Bonchev–Trinajstić information content (AvgIpc) is 2.12. The van der Waals surface area contributed by atoms with Crippen molar-refractivity contribution in [3.05, 3.63) is 0 Å². The zero-order chi connectivity index (χ0) is 14.0. The first-order valence-corrected chi connectivity index (χ1v) is 8.02. The number of hydrogen-bond acceptors (Lipinski definition) is 4. The van der Waals surface area contributed by atoms with Crippen LogP contribution in [0.15, 0.2) is 0 Å². The molecule has 1 fully saturated rings. The highest BCUT2D eigenvalue weighted by atomic mass is 32.2. The summed E-state index contributed by atoms with van der Waals surface area (Å²) in [5.41, 5.74) is -0.865. The van der Waals surface area contributed by atoms with Crippen LogP contribution in [0.3, 0.4) is 0 Å². The van der Waals surface area contributed by atoms with Crippen molar-refractivity contribution in [2.24, 2.45) is 0 Å². The normalized spacial score (nSPS) is 24.1. The fourth-order valence-electron chi connectivity index (χ4n) is 2.47. The first-order valence-electron chi connectivity index (χ1n) is 6.41. The molecule has 0 aliphatic carbocycles. The molecule has 0 spiro atoms. The van der Waals surface area contributed by atoms with Crippen LogP contribution in [0.25, 0.3) is 0 Å². The number of nitrogens with zero attached hydrogens (tertiary/aromatic N) is 1. The Kier molecular flexibility index (Phi) is 4.81. The number of ether oxygens (including phenoxy) is 1. The number of hydrogen-bond donors (Lipinski definition) is 1. The third-order valence-corrected chi connectivity index (χ3v) is 4.74. The van der Waals surface area contributed by atoms with Crippen molar-refractivity contribution in [2.75, 3.05) is 32.4 Å². The minimum Gasteiger partial charge on any atom is -0.367 e. The van der Waals surface area contributed by atoms with Crippen molar-refractivity contribution in [2.45, 2.75) is 45.3 Å². The molecule has 0 saturated carbocycles. The SMILES string of the molecule is CNCCCS(=O)(=O)N1CC(C)(C)OC(C)(C)C1. The lowest BCUT2D eigenvalue weighted by molar-refractivity contribution is -0.163. The van der Waals surface area contributed by atoms with Gasteiger partial charge in [-0.05, 0) is 47.7 Å². The van der Waals surface area contributed by atoms with Gasteiger partial charge in [0, 0.05) is 13.1 Å². The minimum absolute atomic E-state index is 0.194. The Morgan fingerprint density at radius 3 is 2.11 bits per heavy atom. The molecule has 0 atom stereocenters. The van der Waals surface area contributed by atoms with E-state index in [0.29, 0.717) is 19.5 Å². The molecular formula is C12H26N2O3S. The second-order valence-electron chi connectivity index (χ2n) is 6.16. The van der Waals surface area contributed by atoms with Gasteiger partial charge in [-0.2, -0.15) is 4.31 Å². The van der Waals surface area contributed by atoms with Crippen LogP contribution < -0.4 is 5.32 Å². The summed E-state index contributed by atoms with van der Waals surface area (Å²) in [6, 6.07) is 0. The number of morpholine rings is 1. The first kappa shape index (κ1) is 15.9. The molecule has 5 nitrogen and oxygen atoms in total. The Balaban J connectivity index is 2.75. The predicted octanol–water partition coefficient (Wildman–Crippen LogP) is 0.815. The molecule has 0 aromatic carbocycles. The van der Waals surface area contributed by atoms with E-state index in [9.17, 15) is 8.42 Å². The summed E-state index contributed by atoms with van der Waals surface area (Å²) < 4.78 is 32.0. The third kappa shape index (κ3) is 4.50. The Hall–Kier alpha value is -0.170. The molecule has 1 aliphatic heterocycles. The van der Waals surface area contributed by atoms with Crippen LogP contribution in [0.1, 0.15) is 34.1 Å². The Morgan fingerprint density at radius 2 is 1.67 bits per heavy atom. The molecule has 0 radical (unpaired) electrons. The summed E-state index contributed by atoms with van der Waals surface area (Å²) >= 11 is 0. The molecule has 1 rings (SSSR count). The van der Waals surface area contributed by atoms with Crippen molar-refractivity contribution in [3.8, 4) is 0 Å². The maximum absolute atomic E-state index is 12.3. The van der Waals surface area contributed by atoms with Crippen LogP contribution in [0.4, 0.5) is 0 Å². The van der Waals surface area contributed by atoms with E-state index in [4.69, 9.17) is 4.74 Å². The van der Waals surface area contributed by atoms with Crippen LogP contribution in [0.2, 0.25) is 0 Å². The zero-order valence-electron chi connectivity index (χ0n) is 12.1. The minimum atomic E-state index is -3.18. The molecule has 1 saturated heterocycles. The molecule has 18 heavy (non-hydrogen) atoms. The van der Waals surface area contributed by atoms with Crippen molar-refractivity contribution < 1.29 is 13.2 Å². The molecule has 108 valence electrons. The van der Waals surface area contributed by atoms with Crippen LogP contribution >= 0.6 is 0 Å². The van der Waals surface area contributed by atoms with Gasteiger partial charge in [-0.1, -0.05) is 0 Å². The lowest BCUT2D eigenvalue weighted by Crippen LogP contribution is -2.58. The van der Waals surface area contributed by atoms with Crippen LogP contribution in [-0.2, 0) is 14.8 Å². The molecule has 0 aromatic heterocycles. The molecule has 1 N–H and O–H groups in total. The zero-order valence-corrected chi connectivity index (χ0v) is 12.9. The number of rotatable bonds is 5. The molecule has 0 bridgehead atoms. The maximum atomic E-state index is 12.3. The molecule has 0 amide bonds. The standard InChI is InChI=1S/C12H26N2O3S/c1-11(2)9-14(10-12(3,4)17-11)18(15,16)8-6-7-13-5/h13H,6-10H2,1-5H3. The van der Waals surface area contributed by atoms with E-state index in [0.717, 1.165) is 6.54 Å². The van der Waals surface area contributed by atoms with Crippen LogP contribution in [-0.4, -0.2) is 56.4 Å². The van der Waals surface area contributed by atoms with E-state index >= 15 is 0 Å². The highest BCUT2D eigenvalue weighted by Crippen LogP contribution is 2.29. The van der Waals surface area contributed by atoms with Gasteiger partial charge in [0.2, 0.25) is 10.0 Å². The Morgan fingerprint density at radius 1 is 1.17 bits per heavy atom. The van der Waals surface area contributed by atoms with Crippen molar-refractivity contribution in [3.63, 3.8) is 0 Å². The number of nitrogens with one attached hydrogen (secondary N) is 1. The van der Waals surface area contributed by atoms with Gasteiger partial charge in [0.25, 0.3) is 0 Å². The topological polar surface area (TPSA) is 58.6 Å². The monoisotopic (exact) mass is 278 g/mol. The van der Waals surface area contributed by atoms with Gasteiger partial charge >= 0.3 is 0 Å². The highest BCUT2D eigenvalue weighted by molar-refractivity contribution is 7.89. The Bertz CT molecular complexity index is 361. The molecule has 1 heterocycles. The van der Waals surface area contributed by atoms with E-state index in [1.54, 1.807) is 4.31 Å². The second kappa shape index (κ2) is 5.45. The largest absolute Gasteiger partial charge is 0.367 e. The molecule has 0 unspecified atom stereocenters. The predicted molar refractivity (Wildman–Crippen MR) is 73.1 cm³/mol. The fourth-order valence-corrected chi connectivity index (χ4v) is 4.26. The molecule has 6 heteroatoms. The van der Waals surface area contributed by atoms with E-state index in [1.807, 2.05) is 34.7 Å². The summed E-state index contributed by atoms with van der Waals surface area (Å²) in [6.07, 6.45) is 0.636. The van der Waals surface area contributed by atoms with Crippen LogP contribution in [0.5, 0.6) is 0 Å². The summed E-state index contributed by atoms with van der Waals surface area (Å²) in [4.78, 5) is 0. The second-order valence-corrected chi connectivity index (χ2v) is 8.25. The van der Waals surface area contributed by atoms with E-state index in [1.165, 1.54) is 0 Å². The lowest BCUT2D eigenvalue weighted by atomic mass is 10.0. The van der Waals surface area contributed by atoms with Crippen molar-refractivity contribution in [1.82, 2.24) is 9.62 Å². The maximum Gasteiger partial charge on any atom is 0.214 e. The molecule has 0 aromatic rings. The first-order chi connectivity index (χ1) is 8.08. The van der Waals surface area contributed by atoms with Gasteiger partial charge < -0.3 is 10.1 Å². The highest BCUT2D eigenvalue weighted by Gasteiger charge is 2.42. The molecular weight excluding hydrogens is 252 g/mol. The third-order valence-electron chi connectivity index (χ3n) is 2.89. The summed E-state index contributed by atoms with van der Waals surface area (Å²) in [6.45, 7) is 9.31. The fraction of sp³-hybridized carbons (Fsp3) is 1.00. The molecule has 1 aliphatic rings. The summed E-state index contributed by atoms with van der Waals surface area (Å²) in [5.74, 6) is 0.194. The van der Waals surface area contributed by atoms with Crippen molar-refractivity contribution in [1.29, 1.82) is 0 Å². The van der Waals surface area contributed by atoms with Gasteiger partial charge in [0.1, 0.15) is 0 Å². The quantitative estimate of drug-likeness (QED) is 0.756. The lowest BCUT2D eigenvalue weighted by Gasteiger charge is -2.46. The van der Waals surface area contributed by atoms with E-state index < -0.39 is 21.2 Å². The average molecular weight is 278 g/mol. The van der Waals surface area contributed by atoms with Gasteiger partial charge in [0.05, 0.1) is 17.0 Å². The Labute approximate surface area is 111 Å². The summed E-state index contributed by atoms with van der Waals surface area (Å²) in [7, 11) is -1.36. The van der Waals surface area contributed by atoms with E-state index in [-0.39, 0.29) is 5.75 Å². The van der Waals surface area contributed by atoms with Gasteiger partial charge in [0.15, 0.2) is 0 Å². The van der Waals surface area contributed by atoms with Crippen molar-refractivity contribution >= 4 is 10.0 Å². The van der Waals surface area contributed by atoms with E-state index in [2.05, 4.69) is 5.32 Å². The summed E-state index contributed by atoms with van der Waals surface area (Å²) in [5, 5.41) is 2.97. The smallest absolute Gasteiger partial charge is 0.214 e. The van der Waals surface area contributed by atoms with Gasteiger partial charge in [-0.25, -0.2) is 8.42 Å². The van der Waals surface area contributed by atoms with Gasteiger partial charge in [-0.3, -0.25) is 0 Å². The number of sulfonamides is 1.